The van der Waals surface area contributed by atoms with E-state index >= 15 is 0 Å². The molecule has 1 N–H and O–H groups in total. The zero-order valence-electron chi connectivity index (χ0n) is 15.1. The summed E-state index contributed by atoms with van der Waals surface area (Å²) < 4.78 is 0. The van der Waals surface area contributed by atoms with E-state index in [-0.39, 0.29) is 17.6 Å². The molecular formula is C18H27N5O2. The molecule has 2 heterocycles. The smallest absolute Gasteiger partial charge is 0.227 e. The van der Waals surface area contributed by atoms with Gasteiger partial charge in [0.1, 0.15) is 11.5 Å². The minimum Gasteiger partial charge on any atom is -0.361 e. The van der Waals surface area contributed by atoms with Gasteiger partial charge < -0.3 is 15.1 Å². The molecule has 0 radical (unpaired) electrons. The minimum absolute atomic E-state index is 0.0371. The van der Waals surface area contributed by atoms with E-state index in [0.717, 1.165) is 24.9 Å². The van der Waals surface area contributed by atoms with Gasteiger partial charge in [0.15, 0.2) is 5.82 Å². The molecule has 0 atom stereocenters. The number of nitrogens with zero attached hydrogens (tertiary/aromatic N) is 4. The third-order valence-electron chi connectivity index (χ3n) is 4.99. The van der Waals surface area contributed by atoms with E-state index in [1.165, 1.54) is 19.3 Å². The van der Waals surface area contributed by atoms with Crippen molar-refractivity contribution in [1.29, 1.82) is 0 Å². The van der Waals surface area contributed by atoms with E-state index in [2.05, 4.69) is 20.2 Å². The lowest BCUT2D eigenvalue weighted by atomic mass is 9.88. The van der Waals surface area contributed by atoms with Crippen molar-refractivity contribution in [2.24, 2.45) is 5.92 Å². The van der Waals surface area contributed by atoms with Crippen LogP contribution in [0.2, 0.25) is 0 Å². The van der Waals surface area contributed by atoms with Crippen LogP contribution in [0.15, 0.2) is 6.20 Å². The summed E-state index contributed by atoms with van der Waals surface area (Å²) in [6.45, 7) is 1.96. The molecule has 136 valence electrons. The number of Topliss-reactive ketones (excluding diaryl/α,β-unsaturated/α-hetero) is 1. The normalized spacial score (nSPS) is 19.0. The first-order valence-electron chi connectivity index (χ1n) is 9.16. The van der Waals surface area contributed by atoms with Gasteiger partial charge in [0.2, 0.25) is 11.9 Å². The fraction of sp³-hybridized carbons (Fsp3) is 0.667. The zero-order chi connectivity index (χ0) is 17.8. The van der Waals surface area contributed by atoms with Gasteiger partial charge >= 0.3 is 0 Å². The van der Waals surface area contributed by atoms with Gasteiger partial charge in [0.25, 0.3) is 0 Å². The number of aromatic nitrogens is 2. The predicted molar refractivity (Wildman–Crippen MR) is 98.0 cm³/mol. The molecule has 25 heavy (non-hydrogen) atoms. The monoisotopic (exact) mass is 345 g/mol. The SMILES string of the molecule is CN(C)c1nc(N2CCCCC2)ncc1NC(=O)C1CCC(=O)CC1. The maximum absolute atomic E-state index is 12.5. The van der Waals surface area contributed by atoms with E-state index in [0.29, 0.717) is 31.4 Å². The van der Waals surface area contributed by atoms with Gasteiger partial charge in [-0.1, -0.05) is 0 Å². The summed E-state index contributed by atoms with van der Waals surface area (Å²) in [5.41, 5.74) is 0.632. The largest absolute Gasteiger partial charge is 0.361 e. The van der Waals surface area contributed by atoms with Crippen molar-refractivity contribution in [3.8, 4) is 0 Å². The van der Waals surface area contributed by atoms with Crippen LogP contribution in [-0.4, -0.2) is 48.8 Å². The first-order valence-corrected chi connectivity index (χ1v) is 9.16. The lowest BCUT2D eigenvalue weighted by Crippen LogP contribution is -2.32. The fourth-order valence-electron chi connectivity index (χ4n) is 3.48. The Morgan fingerprint density at radius 1 is 1.20 bits per heavy atom. The van der Waals surface area contributed by atoms with Crippen LogP contribution in [0.1, 0.15) is 44.9 Å². The van der Waals surface area contributed by atoms with Gasteiger partial charge in [-0.3, -0.25) is 9.59 Å². The predicted octanol–water partition coefficient (Wildman–Crippen LogP) is 2.23. The summed E-state index contributed by atoms with van der Waals surface area (Å²) in [4.78, 5) is 37.1. The Hall–Kier alpha value is -2.18. The Kier molecular flexibility index (Phi) is 5.50. The van der Waals surface area contributed by atoms with E-state index in [4.69, 9.17) is 0 Å². The number of carbonyl (C=O) groups excluding carboxylic acids is 2. The number of hydrogen-bond donors (Lipinski definition) is 1. The molecule has 1 saturated heterocycles. The first kappa shape index (κ1) is 17.6. The van der Waals surface area contributed by atoms with Gasteiger partial charge in [-0.15, -0.1) is 0 Å². The molecule has 2 aliphatic rings. The average molecular weight is 345 g/mol. The van der Waals surface area contributed by atoms with E-state index in [9.17, 15) is 9.59 Å². The number of piperidine rings is 1. The van der Waals surface area contributed by atoms with Crippen LogP contribution in [0.5, 0.6) is 0 Å². The van der Waals surface area contributed by atoms with Gasteiger partial charge in [-0.05, 0) is 32.1 Å². The number of nitrogens with one attached hydrogen (secondary N) is 1. The Labute approximate surface area is 148 Å². The average Bonchev–Trinajstić information content (AvgIpc) is 2.63. The fourth-order valence-corrected chi connectivity index (χ4v) is 3.48. The minimum atomic E-state index is -0.102. The van der Waals surface area contributed by atoms with E-state index in [1.807, 2.05) is 19.0 Å². The second-order valence-electron chi connectivity index (χ2n) is 7.15. The second kappa shape index (κ2) is 7.80. The van der Waals surface area contributed by atoms with Crippen LogP contribution >= 0.6 is 0 Å². The lowest BCUT2D eigenvalue weighted by Gasteiger charge is -2.28. The third-order valence-corrected chi connectivity index (χ3v) is 4.99. The molecular weight excluding hydrogens is 318 g/mol. The molecule has 1 aliphatic carbocycles. The van der Waals surface area contributed by atoms with E-state index in [1.54, 1.807) is 6.20 Å². The summed E-state index contributed by atoms with van der Waals surface area (Å²) in [7, 11) is 3.83. The van der Waals surface area contributed by atoms with Crippen molar-refractivity contribution >= 4 is 29.1 Å². The molecule has 0 unspecified atom stereocenters. The summed E-state index contributed by atoms with van der Waals surface area (Å²) in [5, 5.41) is 2.97. The topological polar surface area (TPSA) is 78.4 Å². The van der Waals surface area contributed by atoms with Crippen LogP contribution in [0, 0.1) is 5.92 Å². The van der Waals surface area contributed by atoms with Crippen LogP contribution in [-0.2, 0) is 9.59 Å². The van der Waals surface area contributed by atoms with Crippen molar-refractivity contribution in [2.75, 3.05) is 42.3 Å². The van der Waals surface area contributed by atoms with Crippen LogP contribution < -0.4 is 15.1 Å². The number of amides is 1. The summed E-state index contributed by atoms with van der Waals surface area (Å²) in [5.74, 6) is 1.56. The second-order valence-corrected chi connectivity index (χ2v) is 7.15. The Balaban J connectivity index is 1.73. The Morgan fingerprint density at radius 3 is 2.52 bits per heavy atom. The molecule has 7 heteroatoms. The Bertz CT molecular complexity index is 630. The molecule has 3 rings (SSSR count). The summed E-state index contributed by atoms with van der Waals surface area (Å²) >= 11 is 0. The molecule has 2 fully saturated rings. The molecule has 0 spiro atoms. The van der Waals surface area contributed by atoms with Crippen molar-refractivity contribution in [2.45, 2.75) is 44.9 Å². The molecule has 0 aromatic carbocycles. The van der Waals surface area contributed by atoms with Crippen molar-refractivity contribution < 1.29 is 9.59 Å². The van der Waals surface area contributed by atoms with Gasteiger partial charge in [0, 0.05) is 45.9 Å². The zero-order valence-corrected chi connectivity index (χ0v) is 15.1. The summed E-state index contributed by atoms with van der Waals surface area (Å²) in [6.07, 6.45) is 7.57. The quantitative estimate of drug-likeness (QED) is 0.901. The highest BCUT2D eigenvalue weighted by molar-refractivity contribution is 5.96. The molecule has 1 aliphatic heterocycles. The van der Waals surface area contributed by atoms with Crippen molar-refractivity contribution in [3.63, 3.8) is 0 Å². The lowest BCUT2D eigenvalue weighted by molar-refractivity contribution is -0.125. The Morgan fingerprint density at radius 2 is 1.88 bits per heavy atom. The highest BCUT2D eigenvalue weighted by Crippen LogP contribution is 2.28. The molecule has 7 nitrogen and oxygen atoms in total. The molecule has 1 saturated carbocycles. The van der Waals surface area contributed by atoms with E-state index < -0.39 is 0 Å². The van der Waals surface area contributed by atoms with Crippen molar-refractivity contribution in [3.05, 3.63) is 6.20 Å². The maximum atomic E-state index is 12.5. The number of ketones is 1. The van der Waals surface area contributed by atoms with Gasteiger partial charge in [0.05, 0.1) is 6.20 Å². The third kappa shape index (κ3) is 4.27. The number of rotatable bonds is 4. The highest BCUT2D eigenvalue weighted by atomic mass is 16.2. The highest BCUT2D eigenvalue weighted by Gasteiger charge is 2.26. The standard InChI is InChI=1S/C18H27N5O2/c1-22(2)16-15(20-17(25)13-6-8-14(24)9-7-13)12-19-18(21-16)23-10-4-3-5-11-23/h12-13H,3-11H2,1-2H3,(H,20,25). The van der Waals surface area contributed by atoms with Gasteiger partial charge in [-0.25, -0.2) is 4.98 Å². The summed E-state index contributed by atoms with van der Waals surface area (Å²) in [6, 6.07) is 0. The van der Waals surface area contributed by atoms with Gasteiger partial charge in [-0.2, -0.15) is 4.98 Å². The van der Waals surface area contributed by atoms with Crippen LogP contribution in [0.25, 0.3) is 0 Å². The first-order chi connectivity index (χ1) is 12.0. The van der Waals surface area contributed by atoms with Crippen LogP contribution in [0.3, 0.4) is 0 Å². The number of hydrogen-bond acceptors (Lipinski definition) is 6. The molecule has 1 amide bonds. The van der Waals surface area contributed by atoms with Crippen molar-refractivity contribution in [1.82, 2.24) is 9.97 Å². The number of carbonyl (C=O) groups is 2. The molecule has 0 bridgehead atoms. The number of anilines is 3. The molecule has 1 aromatic heterocycles. The maximum Gasteiger partial charge on any atom is 0.227 e. The van der Waals surface area contributed by atoms with Crippen LogP contribution in [0.4, 0.5) is 17.5 Å². The molecule has 1 aromatic rings.